The number of ether oxygens (including phenoxy) is 4. The summed E-state index contributed by atoms with van der Waals surface area (Å²) >= 11 is 1.59. The standard InChI is InChI=1S/C23H28O5S/c1-15-9-11-17(12-10-15)29-18(13-24)19-20(25-14-16-7-5-4-6-8-16)21-22(26-19)28-23(2,3)27-21/h4-12,18-22,24H,13-14H2,1-3H3/t18-,19+,20-,21+,22+/m0/s1. The van der Waals surface area contributed by atoms with E-state index in [1.807, 2.05) is 44.2 Å². The van der Waals surface area contributed by atoms with E-state index >= 15 is 0 Å². The van der Waals surface area contributed by atoms with Gasteiger partial charge in [0.25, 0.3) is 0 Å². The lowest BCUT2D eigenvalue weighted by Gasteiger charge is -2.30. The first-order valence-electron chi connectivity index (χ1n) is 9.96. The third kappa shape index (κ3) is 4.85. The average Bonchev–Trinajstić information content (AvgIpc) is 3.18. The molecule has 0 aliphatic carbocycles. The molecule has 1 N–H and O–H groups in total. The molecule has 0 bridgehead atoms. The van der Waals surface area contributed by atoms with Gasteiger partial charge >= 0.3 is 0 Å². The molecule has 2 aliphatic heterocycles. The zero-order chi connectivity index (χ0) is 20.4. The Morgan fingerprint density at radius 1 is 1.07 bits per heavy atom. The fourth-order valence-corrected chi connectivity index (χ4v) is 4.83. The summed E-state index contributed by atoms with van der Waals surface area (Å²) in [6.07, 6.45) is -1.51. The second-order valence-electron chi connectivity index (χ2n) is 7.98. The first-order valence-corrected chi connectivity index (χ1v) is 10.8. The highest BCUT2D eigenvalue weighted by atomic mass is 32.2. The third-order valence-electron chi connectivity index (χ3n) is 5.17. The Morgan fingerprint density at radius 3 is 2.48 bits per heavy atom. The maximum Gasteiger partial charge on any atom is 0.190 e. The highest BCUT2D eigenvalue weighted by Crippen LogP contribution is 2.42. The van der Waals surface area contributed by atoms with Crippen molar-refractivity contribution in [2.75, 3.05) is 6.61 Å². The molecule has 5 atom stereocenters. The predicted octanol–water partition coefficient (Wildman–Crippen LogP) is 3.91. The number of hydrogen-bond acceptors (Lipinski definition) is 6. The van der Waals surface area contributed by atoms with Crippen molar-refractivity contribution >= 4 is 11.8 Å². The van der Waals surface area contributed by atoms with Crippen LogP contribution in [0, 0.1) is 6.92 Å². The molecule has 0 radical (unpaired) electrons. The minimum Gasteiger partial charge on any atom is -0.395 e. The van der Waals surface area contributed by atoms with E-state index in [0.29, 0.717) is 6.61 Å². The van der Waals surface area contributed by atoms with Gasteiger partial charge in [0.1, 0.15) is 18.3 Å². The third-order valence-corrected chi connectivity index (χ3v) is 6.43. The van der Waals surface area contributed by atoms with Crippen molar-refractivity contribution in [3.8, 4) is 0 Å². The topological polar surface area (TPSA) is 57.2 Å². The highest BCUT2D eigenvalue weighted by molar-refractivity contribution is 8.00. The van der Waals surface area contributed by atoms with Gasteiger partial charge in [-0.05, 0) is 38.5 Å². The van der Waals surface area contributed by atoms with Crippen LogP contribution < -0.4 is 0 Å². The van der Waals surface area contributed by atoms with Crippen LogP contribution in [0.2, 0.25) is 0 Å². The normalized spacial score (nSPS) is 29.0. The molecule has 0 saturated carbocycles. The van der Waals surface area contributed by atoms with Crippen molar-refractivity contribution in [2.45, 2.75) is 67.9 Å². The second-order valence-corrected chi connectivity index (χ2v) is 9.29. The zero-order valence-corrected chi connectivity index (χ0v) is 17.8. The molecule has 0 aromatic heterocycles. The van der Waals surface area contributed by atoms with E-state index in [4.69, 9.17) is 18.9 Å². The van der Waals surface area contributed by atoms with Crippen LogP contribution in [0.1, 0.15) is 25.0 Å². The maximum atomic E-state index is 10.1. The molecule has 2 aromatic rings. The number of aliphatic hydroxyl groups is 1. The summed E-state index contributed by atoms with van der Waals surface area (Å²) in [5.74, 6) is -0.715. The minimum absolute atomic E-state index is 0.0305. The molecule has 5 nitrogen and oxygen atoms in total. The molecule has 0 amide bonds. The number of benzene rings is 2. The van der Waals surface area contributed by atoms with Gasteiger partial charge in [0.05, 0.1) is 18.5 Å². The van der Waals surface area contributed by atoms with Gasteiger partial charge in [0, 0.05) is 4.90 Å². The van der Waals surface area contributed by atoms with Gasteiger partial charge in [0.15, 0.2) is 12.1 Å². The lowest BCUT2D eigenvalue weighted by atomic mass is 10.1. The molecule has 2 aromatic carbocycles. The van der Waals surface area contributed by atoms with Crippen LogP contribution in [-0.2, 0) is 25.6 Å². The van der Waals surface area contributed by atoms with Crippen LogP contribution in [0.4, 0.5) is 0 Å². The summed E-state index contributed by atoms with van der Waals surface area (Å²) in [7, 11) is 0. The van der Waals surface area contributed by atoms with Gasteiger partial charge < -0.3 is 24.1 Å². The summed E-state index contributed by atoms with van der Waals surface area (Å²) in [4.78, 5) is 1.08. The Hall–Kier alpha value is -1.41. The molecule has 2 saturated heterocycles. The Morgan fingerprint density at radius 2 is 1.79 bits per heavy atom. The maximum absolute atomic E-state index is 10.1. The van der Waals surface area contributed by atoms with E-state index in [-0.39, 0.29) is 30.2 Å². The fourth-order valence-electron chi connectivity index (χ4n) is 3.76. The monoisotopic (exact) mass is 416 g/mol. The van der Waals surface area contributed by atoms with Crippen molar-refractivity contribution in [2.24, 2.45) is 0 Å². The summed E-state index contributed by atoms with van der Waals surface area (Å²) in [6, 6.07) is 18.3. The van der Waals surface area contributed by atoms with Gasteiger partial charge in [-0.15, -0.1) is 11.8 Å². The zero-order valence-electron chi connectivity index (χ0n) is 17.0. The Bertz CT molecular complexity index is 795. The first-order chi connectivity index (χ1) is 13.9. The second kappa shape index (κ2) is 8.76. The molecule has 29 heavy (non-hydrogen) atoms. The predicted molar refractivity (Wildman–Crippen MR) is 112 cm³/mol. The minimum atomic E-state index is -0.715. The number of thioether (sulfide) groups is 1. The summed E-state index contributed by atoms with van der Waals surface area (Å²) in [6.45, 7) is 6.23. The first kappa shape index (κ1) is 20.8. The van der Waals surface area contributed by atoms with Gasteiger partial charge in [-0.2, -0.15) is 0 Å². The van der Waals surface area contributed by atoms with Crippen LogP contribution >= 0.6 is 11.8 Å². The molecule has 156 valence electrons. The number of aliphatic hydroxyl groups excluding tert-OH is 1. The number of fused-ring (bicyclic) bond motifs is 1. The molecule has 2 aliphatic rings. The Balaban J connectivity index is 1.51. The van der Waals surface area contributed by atoms with Crippen LogP contribution in [-0.4, -0.2) is 47.4 Å². The molecule has 6 heteroatoms. The lowest BCUT2D eigenvalue weighted by molar-refractivity contribution is -0.219. The van der Waals surface area contributed by atoms with Crippen molar-refractivity contribution < 1.29 is 24.1 Å². The molecule has 2 fully saturated rings. The fraction of sp³-hybridized carbons (Fsp3) is 0.478. The van der Waals surface area contributed by atoms with E-state index in [0.717, 1.165) is 10.5 Å². The van der Waals surface area contributed by atoms with E-state index in [2.05, 4.69) is 31.2 Å². The van der Waals surface area contributed by atoms with Crippen LogP contribution in [0.3, 0.4) is 0 Å². The van der Waals surface area contributed by atoms with Crippen molar-refractivity contribution in [1.29, 1.82) is 0 Å². The molecule has 4 rings (SSSR count). The van der Waals surface area contributed by atoms with Gasteiger partial charge in [-0.3, -0.25) is 0 Å². The number of hydrogen-bond donors (Lipinski definition) is 1. The molecule has 2 heterocycles. The number of rotatable bonds is 7. The van der Waals surface area contributed by atoms with E-state index in [1.165, 1.54) is 5.56 Å². The van der Waals surface area contributed by atoms with Gasteiger partial charge in [0.2, 0.25) is 0 Å². The van der Waals surface area contributed by atoms with Crippen molar-refractivity contribution in [3.05, 3.63) is 65.7 Å². The average molecular weight is 417 g/mol. The van der Waals surface area contributed by atoms with Crippen molar-refractivity contribution in [1.82, 2.24) is 0 Å². The van der Waals surface area contributed by atoms with Gasteiger partial charge in [-0.1, -0.05) is 48.0 Å². The molecular formula is C23H28O5S. The molecule has 0 spiro atoms. The summed E-state index contributed by atoms with van der Waals surface area (Å²) in [5, 5.41) is 9.94. The van der Waals surface area contributed by atoms with E-state index in [9.17, 15) is 5.11 Å². The smallest absolute Gasteiger partial charge is 0.190 e. The lowest BCUT2D eigenvalue weighted by Crippen LogP contribution is -2.42. The Labute approximate surface area is 176 Å². The number of aryl methyl sites for hydroxylation is 1. The summed E-state index contributed by atoms with van der Waals surface area (Å²) < 4.78 is 24.5. The largest absolute Gasteiger partial charge is 0.395 e. The quantitative estimate of drug-likeness (QED) is 0.691. The van der Waals surface area contributed by atoms with Crippen LogP contribution in [0.15, 0.2) is 59.5 Å². The van der Waals surface area contributed by atoms with E-state index < -0.39 is 12.1 Å². The molecule has 0 unspecified atom stereocenters. The van der Waals surface area contributed by atoms with Crippen LogP contribution in [0.5, 0.6) is 0 Å². The molecular weight excluding hydrogens is 388 g/mol. The van der Waals surface area contributed by atoms with Crippen molar-refractivity contribution in [3.63, 3.8) is 0 Å². The van der Waals surface area contributed by atoms with Gasteiger partial charge in [-0.25, -0.2) is 0 Å². The van der Waals surface area contributed by atoms with E-state index in [1.54, 1.807) is 11.8 Å². The SMILES string of the molecule is Cc1ccc(S[C@@H](CO)[C@H]2O[C@@H]3OC(C)(C)O[C@@H]3[C@H]2OCc2ccccc2)cc1. The Kier molecular flexibility index (Phi) is 6.30. The summed E-state index contributed by atoms with van der Waals surface area (Å²) in [5.41, 5.74) is 2.29. The highest BCUT2D eigenvalue weighted by Gasteiger charge is 2.57. The van der Waals surface area contributed by atoms with Crippen LogP contribution in [0.25, 0.3) is 0 Å².